The Hall–Kier alpha value is -2.67. The van der Waals surface area contributed by atoms with Crippen LogP contribution >= 0.6 is 0 Å². The van der Waals surface area contributed by atoms with E-state index >= 15 is 0 Å². The highest BCUT2D eigenvalue weighted by atomic mass is 16.5. The summed E-state index contributed by atoms with van der Waals surface area (Å²) < 4.78 is 7.09. The molecule has 7 heteroatoms. The minimum Gasteiger partial charge on any atom is -0.383 e. The highest BCUT2D eigenvalue weighted by Gasteiger charge is 2.58. The summed E-state index contributed by atoms with van der Waals surface area (Å²) in [6.07, 6.45) is 4.85. The normalized spacial score (nSPS) is 23.7. The highest BCUT2D eigenvalue weighted by molar-refractivity contribution is 5.89. The molecular formula is C23H30N4O3. The average Bonchev–Trinajstić information content (AvgIpc) is 3.41. The molecule has 1 spiro atoms. The monoisotopic (exact) mass is 410 g/mol. The summed E-state index contributed by atoms with van der Waals surface area (Å²) >= 11 is 0. The largest absolute Gasteiger partial charge is 0.383 e. The summed E-state index contributed by atoms with van der Waals surface area (Å²) in [5.41, 5.74) is 2.45. The zero-order chi connectivity index (χ0) is 21.3. The van der Waals surface area contributed by atoms with Gasteiger partial charge in [-0.05, 0) is 24.5 Å². The summed E-state index contributed by atoms with van der Waals surface area (Å²) in [4.78, 5) is 35.0. The molecule has 0 bridgehead atoms. The fourth-order valence-corrected chi connectivity index (χ4v) is 4.92. The Morgan fingerprint density at radius 2 is 2.13 bits per heavy atom. The fraction of sp³-hybridized carbons (Fsp3) is 0.522. The molecule has 3 heterocycles. The molecule has 1 aromatic carbocycles. The van der Waals surface area contributed by atoms with Crippen LogP contribution in [0.5, 0.6) is 0 Å². The van der Waals surface area contributed by atoms with Crippen molar-refractivity contribution in [2.75, 3.05) is 39.9 Å². The number of nitrogens with zero attached hydrogens (tertiary/aromatic N) is 4. The molecule has 0 N–H and O–H groups in total. The Bertz CT molecular complexity index is 940. The number of hydrogen-bond acceptors (Lipinski definition) is 4. The van der Waals surface area contributed by atoms with E-state index < -0.39 is 5.41 Å². The second kappa shape index (κ2) is 8.22. The van der Waals surface area contributed by atoms with Crippen LogP contribution in [0.4, 0.5) is 0 Å². The number of methoxy groups -OCH3 is 1. The summed E-state index contributed by atoms with van der Waals surface area (Å²) in [7, 11) is 3.58. The minimum absolute atomic E-state index is 0.0743. The van der Waals surface area contributed by atoms with Crippen molar-refractivity contribution < 1.29 is 14.3 Å². The maximum absolute atomic E-state index is 13.5. The first-order valence-corrected chi connectivity index (χ1v) is 10.5. The van der Waals surface area contributed by atoms with E-state index in [1.807, 2.05) is 58.8 Å². The first-order chi connectivity index (χ1) is 14.4. The number of ether oxygens (including phenoxy) is 1. The maximum atomic E-state index is 13.5. The van der Waals surface area contributed by atoms with Gasteiger partial charge in [-0.2, -0.15) is 0 Å². The van der Waals surface area contributed by atoms with E-state index in [0.717, 1.165) is 23.2 Å². The molecule has 2 aliphatic heterocycles. The molecular weight excluding hydrogens is 380 g/mol. The van der Waals surface area contributed by atoms with Gasteiger partial charge in [-0.15, -0.1) is 0 Å². The third-order valence-electron chi connectivity index (χ3n) is 6.69. The lowest BCUT2D eigenvalue weighted by Crippen LogP contribution is -2.41. The summed E-state index contributed by atoms with van der Waals surface area (Å²) in [6, 6.07) is 7.98. The highest BCUT2D eigenvalue weighted by Crippen LogP contribution is 2.49. The Morgan fingerprint density at radius 1 is 1.33 bits per heavy atom. The van der Waals surface area contributed by atoms with Crippen molar-refractivity contribution in [3.63, 3.8) is 0 Å². The standard InChI is InChI=1S/C23H30N4O3/c1-17-6-4-5-7-18(17)12-21(28)27-13-19(20-14-25(2)16-24-20)23(15-27)8-9-26(22(23)29)10-11-30-3/h4-7,14,16,19H,8-13,15H2,1-3H3/t19-,23-/m0/s1. The molecule has 1 aromatic heterocycles. The SMILES string of the molecule is COCCN1CC[C@@]2(CN(C(=O)Cc3ccccc3C)C[C@H]2c2cn(C)cn2)C1=O. The third-order valence-corrected chi connectivity index (χ3v) is 6.69. The predicted molar refractivity (Wildman–Crippen MR) is 113 cm³/mol. The van der Waals surface area contributed by atoms with E-state index in [1.165, 1.54) is 0 Å². The number of carbonyl (C=O) groups is 2. The number of imidazole rings is 1. The Balaban J connectivity index is 1.59. The van der Waals surface area contributed by atoms with Crippen LogP contribution in [0.1, 0.15) is 29.2 Å². The van der Waals surface area contributed by atoms with Crippen LogP contribution in [0, 0.1) is 12.3 Å². The zero-order valence-electron chi connectivity index (χ0n) is 18.0. The topological polar surface area (TPSA) is 67.7 Å². The van der Waals surface area contributed by atoms with Gasteiger partial charge in [-0.25, -0.2) is 4.98 Å². The Labute approximate surface area is 177 Å². The first-order valence-electron chi connectivity index (χ1n) is 10.5. The molecule has 0 unspecified atom stereocenters. The Kier molecular flexibility index (Phi) is 5.64. The quantitative estimate of drug-likeness (QED) is 0.728. The summed E-state index contributed by atoms with van der Waals surface area (Å²) in [5.74, 6) is 0.117. The number of likely N-dealkylation sites (tertiary alicyclic amines) is 2. The Morgan fingerprint density at radius 3 is 2.83 bits per heavy atom. The summed E-state index contributed by atoms with van der Waals surface area (Å²) in [6.45, 7) is 4.83. The van der Waals surface area contributed by atoms with Crippen LogP contribution < -0.4 is 0 Å². The number of hydrogen-bond donors (Lipinski definition) is 0. The van der Waals surface area contributed by atoms with Crippen molar-refractivity contribution in [1.29, 1.82) is 0 Å². The number of benzene rings is 1. The molecule has 2 saturated heterocycles. The van der Waals surface area contributed by atoms with Crippen LogP contribution in [-0.4, -0.2) is 71.1 Å². The van der Waals surface area contributed by atoms with Crippen LogP contribution in [0.3, 0.4) is 0 Å². The molecule has 0 saturated carbocycles. The zero-order valence-corrected chi connectivity index (χ0v) is 18.0. The second-order valence-electron chi connectivity index (χ2n) is 8.59. The van der Waals surface area contributed by atoms with E-state index in [-0.39, 0.29) is 17.7 Å². The number of aryl methyl sites for hydroxylation is 2. The molecule has 2 aromatic rings. The lowest BCUT2D eigenvalue weighted by Gasteiger charge is -2.27. The van der Waals surface area contributed by atoms with Gasteiger partial charge in [0.25, 0.3) is 0 Å². The van der Waals surface area contributed by atoms with Crippen molar-refractivity contribution in [1.82, 2.24) is 19.4 Å². The van der Waals surface area contributed by atoms with Gasteiger partial charge in [0.2, 0.25) is 11.8 Å². The van der Waals surface area contributed by atoms with Crippen molar-refractivity contribution in [2.45, 2.75) is 25.7 Å². The van der Waals surface area contributed by atoms with Gasteiger partial charge < -0.3 is 19.1 Å². The molecule has 2 fully saturated rings. The molecule has 2 amide bonds. The van der Waals surface area contributed by atoms with E-state index in [9.17, 15) is 9.59 Å². The van der Waals surface area contributed by atoms with Crippen molar-refractivity contribution in [3.05, 3.63) is 53.6 Å². The van der Waals surface area contributed by atoms with Crippen molar-refractivity contribution in [2.24, 2.45) is 12.5 Å². The van der Waals surface area contributed by atoms with Gasteiger partial charge in [0, 0.05) is 52.5 Å². The van der Waals surface area contributed by atoms with Crippen LogP contribution in [-0.2, 0) is 27.8 Å². The van der Waals surface area contributed by atoms with Gasteiger partial charge in [0.1, 0.15) is 0 Å². The lowest BCUT2D eigenvalue weighted by atomic mass is 9.75. The third kappa shape index (κ3) is 3.62. The van der Waals surface area contributed by atoms with E-state index in [4.69, 9.17) is 4.74 Å². The molecule has 30 heavy (non-hydrogen) atoms. The molecule has 2 aliphatic rings. The summed E-state index contributed by atoms with van der Waals surface area (Å²) in [5, 5.41) is 0. The van der Waals surface area contributed by atoms with Gasteiger partial charge >= 0.3 is 0 Å². The van der Waals surface area contributed by atoms with Crippen LogP contribution in [0.15, 0.2) is 36.8 Å². The smallest absolute Gasteiger partial charge is 0.231 e. The number of rotatable bonds is 6. The number of amides is 2. The molecule has 4 rings (SSSR count). The molecule has 0 aliphatic carbocycles. The molecule has 160 valence electrons. The van der Waals surface area contributed by atoms with Gasteiger partial charge in [0.05, 0.1) is 30.5 Å². The maximum Gasteiger partial charge on any atom is 0.231 e. The van der Waals surface area contributed by atoms with Gasteiger partial charge in [-0.3, -0.25) is 9.59 Å². The van der Waals surface area contributed by atoms with Crippen molar-refractivity contribution >= 4 is 11.8 Å². The minimum atomic E-state index is -0.594. The van der Waals surface area contributed by atoms with Crippen LogP contribution in [0.25, 0.3) is 0 Å². The molecule has 7 nitrogen and oxygen atoms in total. The lowest BCUT2D eigenvalue weighted by molar-refractivity contribution is -0.137. The van der Waals surface area contributed by atoms with Gasteiger partial charge in [-0.1, -0.05) is 24.3 Å². The number of aromatic nitrogens is 2. The average molecular weight is 411 g/mol. The van der Waals surface area contributed by atoms with E-state index in [0.29, 0.717) is 39.2 Å². The predicted octanol–water partition coefficient (Wildman–Crippen LogP) is 1.76. The first kappa shape index (κ1) is 20.6. The van der Waals surface area contributed by atoms with Crippen molar-refractivity contribution in [3.8, 4) is 0 Å². The molecule has 2 atom stereocenters. The van der Waals surface area contributed by atoms with Crippen LogP contribution in [0.2, 0.25) is 0 Å². The fourth-order valence-electron chi connectivity index (χ4n) is 4.92. The van der Waals surface area contributed by atoms with E-state index in [2.05, 4.69) is 4.98 Å². The van der Waals surface area contributed by atoms with Gasteiger partial charge in [0.15, 0.2) is 0 Å². The van der Waals surface area contributed by atoms with E-state index in [1.54, 1.807) is 13.4 Å². The number of carbonyl (C=O) groups excluding carboxylic acids is 2. The molecule has 0 radical (unpaired) electrons. The second-order valence-corrected chi connectivity index (χ2v) is 8.59.